The average molecular weight is 340 g/mol. The molecule has 0 aliphatic heterocycles. The maximum absolute atomic E-state index is 12.7. The van der Waals surface area contributed by atoms with E-state index in [0.29, 0.717) is 22.4 Å². The van der Waals surface area contributed by atoms with Gasteiger partial charge in [0, 0.05) is 10.9 Å². The highest BCUT2D eigenvalue weighted by Gasteiger charge is 2.17. The fourth-order valence-electron chi connectivity index (χ4n) is 2.89. The molecule has 1 heterocycles. The Balaban J connectivity index is 2.02. The average Bonchev–Trinajstić information content (AvgIpc) is 2.65. The zero-order chi connectivity index (χ0) is 18.0. The standard InChI is InChI=1S/C19H20N2O4/c1-12-14-6-4-5-7-15(14)19(23)21(20-12)11-17(22)16-10-13(24-2)8-9-18(16)25-3/h4-10,17,22H,11H2,1-3H3/t17-/m0/s1. The Bertz CT molecular complexity index is 965. The van der Waals surface area contributed by atoms with Crippen molar-refractivity contribution in [1.82, 2.24) is 9.78 Å². The summed E-state index contributed by atoms with van der Waals surface area (Å²) < 4.78 is 11.8. The number of hydrogen-bond donors (Lipinski definition) is 1. The molecule has 6 heteroatoms. The Hall–Kier alpha value is -2.86. The molecule has 0 spiro atoms. The van der Waals surface area contributed by atoms with E-state index in [1.807, 2.05) is 25.1 Å². The van der Waals surface area contributed by atoms with E-state index in [1.54, 1.807) is 31.4 Å². The number of hydrogen-bond acceptors (Lipinski definition) is 5. The van der Waals surface area contributed by atoms with Crippen LogP contribution >= 0.6 is 0 Å². The number of benzene rings is 2. The summed E-state index contributed by atoms with van der Waals surface area (Å²) in [6.07, 6.45) is -0.962. The molecule has 0 bridgehead atoms. The fourth-order valence-corrected chi connectivity index (χ4v) is 2.89. The number of fused-ring (bicyclic) bond motifs is 1. The molecule has 0 saturated heterocycles. The normalized spacial score (nSPS) is 12.2. The summed E-state index contributed by atoms with van der Waals surface area (Å²) in [4.78, 5) is 12.7. The third-order valence-corrected chi connectivity index (χ3v) is 4.19. The third-order valence-electron chi connectivity index (χ3n) is 4.19. The molecule has 0 amide bonds. The molecule has 0 aliphatic carbocycles. The summed E-state index contributed by atoms with van der Waals surface area (Å²) in [6, 6.07) is 12.5. The molecule has 6 nitrogen and oxygen atoms in total. The molecule has 2 aromatic carbocycles. The van der Waals surface area contributed by atoms with Crippen molar-refractivity contribution in [3.63, 3.8) is 0 Å². The van der Waals surface area contributed by atoms with Gasteiger partial charge in [0.1, 0.15) is 17.6 Å². The van der Waals surface area contributed by atoms with Crippen LogP contribution in [0.2, 0.25) is 0 Å². The number of aromatic nitrogens is 2. The number of nitrogens with zero attached hydrogens (tertiary/aromatic N) is 2. The summed E-state index contributed by atoms with van der Waals surface area (Å²) in [5, 5.41) is 16.4. The summed E-state index contributed by atoms with van der Waals surface area (Å²) in [5.41, 5.74) is 1.04. The van der Waals surface area contributed by atoms with Crippen LogP contribution in [0.25, 0.3) is 10.8 Å². The van der Waals surface area contributed by atoms with Gasteiger partial charge < -0.3 is 14.6 Å². The van der Waals surface area contributed by atoms with Gasteiger partial charge in [0.2, 0.25) is 0 Å². The smallest absolute Gasteiger partial charge is 0.274 e. The summed E-state index contributed by atoms with van der Waals surface area (Å²) >= 11 is 0. The Morgan fingerprint density at radius 1 is 1.12 bits per heavy atom. The van der Waals surface area contributed by atoms with Crippen LogP contribution in [-0.2, 0) is 6.54 Å². The first-order valence-electron chi connectivity index (χ1n) is 7.91. The maximum Gasteiger partial charge on any atom is 0.274 e. The lowest BCUT2D eigenvalue weighted by Gasteiger charge is -2.17. The van der Waals surface area contributed by atoms with Crippen molar-refractivity contribution in [3.8, 4) is 11.5 Å². The Morgan fingerprint density at radius 2 is 1.84 bits per heavy atom. The van der Waals surface area contributed by atoms with E-state index in [9.17, 15) is 9.90 Å². The lowest BCUT2D eigenvalue weighted by atomic mass is 10.1. The summed E-state index contributed by atoms with van der Waals surface area (Å²) in [6.45, 7) is 1.87. The highest BCUT2D eigenvalue weighted by atomic mass is 16.5. The lowest BCUT2D eigenvalue weighted by molar-refractivity contribution is 0.145. The highest BCUT2D eigenvalue weighted by Crippen LogP contribution is 2.30. The zero-order valence-electron chi connectivity index (χ0n) is 14.4. The SMILES string of the molecule is COc1ccc(OC)c([C@@H](O)Cn2nc(C)c3ccccc3c2=O)c1. The van der Waals surface area contributed by atoms with E-state index in [1.165, 1.54) is 11.8 Å². The van der Waals surface area contributed by atoms with Gasteiger partial charge in [0.25, 0.3) is 5.56 Å². The molecule has 0 fully saturated rings. The highest BCUT2D eigenvalue weighted by molar-refractivity contribution is 5.83. The first-order chi connectivity index (χ1) is 12.0. The van der Waals surface area contributed by atoms with Gasteiger partial charge in [-0.3, -0.25) is 4.79 Å². The minimum absolute atomic E-state index is 0.0219. The van der Waals surface area contributed by atoms with Gasteiger partial charge in [-0.2, -0.15) is 5.10 Å². The van der Waals surface area contributed by atoms with E-state index >= 15 is 0 Å². The van der Waals surface area contributed by atoms with E-state index in [-0.39, 0.29) is 12.1 Å². The molecule has 3 rings (SSSR count). The van der Waals surface area contributed by atoms with Crippen LogP contribution in [0.15, 0.2) is 47.3 Å². The van der Waals surface area contributed by atoms with Gasteiger partial charge in [-0.1, -0.05) is 18.2 Å². The number of methoxy groups -OCH3 is 2. The maximum atomic E-state index is 12.7. The number of aryl methyl sites for hydroxylation is 1. The predicted octanol–water partition coefficient (Wildman–Crippen LogP) is 2.46. The minimum Gasteiger partial charge on any atom is -0.497 e. The predicted molar refractivity (Wildman–Crippen MR) is 95.2 cm³/mol. The number of rotatable bonds is 5. The van der Waals surface area contributed by atoms with Crippen molar-refractivity contribution < 1.29 is 14.6 Å². The minimum atomic E-state index is -0.962. The molecule has 1 N–H and O–H groups in total. The number of aliphatic hydroxyl groups excluding tert-OH is 1. The van der Waals surface area contributed by atoms with Crippen LogP contribution in [0, 0.1) is 6.92 Å². The fraction of sp³-hybridized carbons (Fsp3) is 0.263. The first kappa shape index (κ1) is 17.0. The second kappa shape index (κ2) is 6.94. The van der Waals surface area contributed by atoms with E-state index < -0.39 is 6.10 Å². The van der Waals surface area contributed by atoms with Crippen molar-refractivity contribution in [2.24, 2.45) is 0 Å². The van der Waals surface area contributed by atoms with E-state index in [2.05, 4.69) is 5.10 Å². The molecule has 130 valence electrons. The molecule has 3 aromatic rings. The van der Waals surface area contributed by atoms with E-state index in [0.717, 1.165) is 11.1 Å². The Kier molecular flexibility index (Phi) is 4.72. The molecule has 0 radical (unpaired) electrons. The van der Waals surface area contributed by atoms with Crippen LogP contribution in [0.3, 0.4) is 0 Å². The first-order valence-corrected chi connectivity index (χ1v) is 7.91. The molecule has 0 aliphatic rings. The van der Waals surface area contributed by atoms with E-state index in [4.69, 9.17) is 9.47 Å². The van der Waals surface area contributed by atoms with Crippen LogP contribution in [0.5, 0.6) is 11.5 Å². The van der Waals surface area contributed by atoms with Crippen LogP contribution < -0.4 is 15.0 Å². The molecule has 25 heavy (non-hydrogen) atoms. The summed E-state index contributed by atoms with van der Waals surface area (Å²) in [7, 11) is 3.08. The Morgan fingerprint density at radius 3 is 2.52 bits per heavy atom. The second-order valence-electron chi connectivity index (χ2n) is 5.74. The Labute approximate surface area is 145 Å². The molecule has 0 saturated carbocycles. The quantitative estimate of drug-likeness (QED) is 0.772. The van der Waals surface area contributed by atoms with Gasteiger partial charge in [-0.25, -0.2) is 4.68 Å². The largest absolute Gasteiger partial charge is 0.497 e. The van der Waals surface area contributed by atoms with Crippen molar-refractivity contribution in [2.75, 3.05) is 14.2 Å². The van der Waals surface area contributed by atoms with Gasteiger partial charge in [0.05, 0.1) is 31.8 Å². The van der Waals surface area contributed by atoms with Gasteiger partial charge in [-0.05, 0) is 31.2 Å². The monoisotopic (exact) mass is 340 g/mol. The number of aliphatic hydroxyl groups is 1. The molecular formula is C19H20N2O4. The van der Waals surface area contributed by atoms with Gasteiger partial charge in [0.15, 0.2) is 0 Å². The van der Waals surface area contributed by atoms with Crippen LogP contribution in [0.1, 0.15) is 17.4 Å². The molecule has 0 unspecified atom stereocenters. The third kappa shape index (κ3) is 3.21. The van der Waals surface area contributed by atoms with Gasteiger partial charge in [-0.15, -0.1) is 0 Å². The van der Waals surface area contributed by atoms with Crippen molar-refractivity contribution in [3.05, 3.63) is 64.1 Å². The molecule has 1 aromatic heterocycles. The second-order valence-corrected chi connectivity index (χ2v) is 5.74. The zero-order valence-corrected chi connectivity index (χ0v) is 14.4. The van der Waals surface area contributed by atoms with Crippen molar-refractivity contribution in [2.45, 2.75) is 19.6 Å². The van der Waals surface area contributed by atoms with Crippen molar-refractivity contribution >= 4 is 10.8 Å². The molecular weight excluding hydrogens is 320 g/mol. The molecule has 1 atom stereocenters. The topological polar surface area (TPSA) is 73.6 Å². The summed E-state index contributed by atoms with van der Waals surface area (Å²) in [5.74, 6) is 1.13. The van der Waals surface area contributed by atoms with Gasteiger partial charge >= 0.3 is 0 Å². The van der Waals surface area contributed by atoms with Crippen molar-refractivity contribution in [1.29, 1.82) is 0 Å². The van der Waals surface area contributed by atoms with Crippen LogP contribution in [-0.4, -0.2) is 29.1 Å². The number of ether oxygens (including phenoxy) is 2. The lowest BCUT2D eigenvalue weighted by Crippen LogP contribution is -2.27. The van der Waals surface area contributed by atoms with Crippen LogP contribution in [0.4, 0.5) is 0 Å².